The van der Waals surface area contributed by atoms with Crippen LogP contribution in [-0.4, -0.2) is 64.5 Å². The van der Waals surface area contributed by atoms with Crippen LogP contribution in [0.5, 0.6) is 0 Å². The van der Waals surface area contributed by atoms with Crippen LogP contribution < -0.4 is 5.32 Å². The Labute approximate surface area is 115 Å². The predicted octanol–water partition coefficient (Wildman–Crippen LogP) is 0.00480. The number of ether oxygens (including phenoxy) is 1. The number of rotatable bonds is 3. The number of anilines is 1. The molecule has 2 heterocycles. The van der Waals surface area contributed by atoms with E-state index in [2.05, 4.69) is 10.3 Å². The quantitative estimate of drug-likeness (QED) is 0.719. The van der Waals surface area contributed by atoms with Crippen LogP contribution in [0.4, 0.5) is 10.5 Å². The highest BCUT2D eigenvalue weighted by atomic mass is 16.5. The van der Waals surface area contributed by atoms with Crippen molar-refractivity contribution in [2.45, 2.75) is 6.10 Å². The predicted molar refractivity (Wildman–Crippen MR) is 68.6 cm³/mol. The van der Waals surface area contributed by atoms with Gasteiger partial charge in [-0.15, -0.1) is 0 Å². The molecule has 0 saturated carbocycles. The summed E-state index contributed by atoms with van der Waals surface area (Å²) >= 11 is 0. The lowest BCUT2D eigenvalue weighted by Gasteiger charge is -2.31. The van der Waals surface area contributed by atoms with E-state index < -0.39 is 6.09 Å². The Morgan fingerprint density at radius 1 is 1.50 bits per heavy atom. The van der Waals surface area contributed by atoms with Gasteiger partial charge in [0.05, 0.1) is 31.2 Å². The van der Waals surface area contributed by atoms with Gasteiger partial charge >= 0.3 is 6.09 Å². The van der Waals surface area contributed by atoms with Crippen molar-refractivity contribution in [2.75, 3.05) is 31.6 Å². The molecule has 0 aliphatic carbocycles. The van der Waals surface area contributed by atoms with Gasteiger partial charge in [0.25, 0.3) is 5.91 Å². The fourth-order valence-corrected chi connectivity index (χ4v) is 1.89. The van der Waals surface area contributed by atoms with Crippen molar-refractivity contribution in [3.8, 4) is 0 Å². The number of aliphatic hydroxyl groups is 1. The molecule has 3 N–H and O–H groups in total. The number of hydrogen-bond acceptors (Lipinski definition) is 5. The lowest BCUT2D eigenvalue weighted by molar-refractivity contribution is -0.0448. The Hall–Kier alpha value is -2.19. The van der Waals surface area contributed by atoms with E-state index in [1.165, 1.54) is 18.3 Å². The minimum atomic E-state index is -1.19. The average molecular weight is 281 g/mol. The number of amides is 2. The second-order valence-electron chi connectivity index (χ2n) is 4.29. The summed E-state index contributed by atoms with van der Waals surface area (Å²) in [4.78, 5) is 28.1. The second-order valence-corrected chi connectivity index (χ2v) is 4.29. The van der Waals surface area contributed by atoms with Gasteiger partial charge in [0.1, 0.15) is 5.69 Å². The molecular weight excluding hydrogens is 266 g/mol. The first-order valence-electron chi connectivity index (χ1n) is 6.08. The van der Waals surface area contributed by atoms with Crippen molar-refractivity contribution in [1.29, 1.82) is 0 Å². The Kier molecular flexibility index (Phi) is 4.49. The second kappa shape index (κ2) is 6.31. The fraction of sp³-hybridized carbons (Fsp3) is 0.417. The Morgan fingerprint density at radius 2 is 2.30 bits per heavy atom. The number of carbonyl (C=O) groups is 2. The number of nitrogens with one attached hydrogen (secondary N) is 1. The van der Waals surface area contributed by atoms with E-state index in [-0.39, 0.29) is 24.3 Å². The lowest BCUT2D eigenvalue weighted by atomic mass is 10.2. The highest BCUT2D eigenvalue weighted by Gasteiger charge is 2.25. The number of carbonyl (C=O) groups excluding carboxylic acids is 1. The van der Waals surface area contributed by atoms with Crippen LogP contribution in [0.1, 0.15) is 10.5 Å². The third kappa shape index (κ3) is 3.43. The van der Waals surface area contributed by atoms with Crippen molar-refractivity contribution in [3.63, 3.8) is 0 Å². The fourth-order valence-electron chi connectivity index (χ4n) is 1.89. The molecule has 108 valence electrons. The van der Waals surface area contributed by atoms with Crippen LogP contribution in [0.15, 0.2) is 18.3 Å². The summed E-state index contributed by atoms with van der Waals surface area (Å²) in [7, 11) is 0. The molecule has 0 aromatic carbocycles. The van der Waals surface area contributed by atoms with Crippen LogP contribution >= 0.6 is 0 Å². The summed E-state index contributed by atoms with van der Waals surface area (Å²) in [5, 5.41) is 19.7. The number of nitrogens with zero attached hydrogens (tertiary/aromatic N) is 2. The maximum absolute atomic E-state index is 12.2. The zero-order chi connectivity index (χ0) is 14.5. The van der Waals surface area contributed by atoms with Crippen LogP contribution in [0.25, 0.3) is 0 Å². The summed E-state index contributed by atoms with van der Waals surface area (Å²) < 4.78 is 5.27. The number of aromatic nitrogens is 1. The molecule has 1 aliphatic heterocycles. The number of pyridine rings is 1. The lowest BCUT2D eigenvalue weighted by Crippen LogP contribution is -2.47. The minimum absolute atomic E-state index is 0.140. The molecule has 2 rings (SSSR count). The Bertz CT molecular complexity index is 490. The number of hydrogen-bond donors (Lipinski definition) is 3. The maximum Gasteiger partial charge on any atom is 0.409 e. The molecule has 1 aliphatic rings. The highest BCUT2D eigenvalue weighted by Crippen LogP contribution is 2.11. The van der Waals surface area contributed by atoms with Crippen LogP contribution in [0.2, 0.25) is 0 Å². The standard InChI is InChI=1S/C12H15N3O5/c16-7-9-6-15(3-4-20-9)11(17)10-2-1-8(5-13-10)14-12(18)19/h1-2,5,9,14,16H,3-4,6-7H2,(H,18,19). The average Bonchev–Trinajstić information content (AvgIpc) is 2.47. The van der Waals surface area contributed by atoms with E-state index >= 15 is 0 Å². The molecular formula is C12H15N3O5. The van der Waals surface area contributed by atoms with Gasteiger partial charge in [-0.1, -0.05) is 0 Å². The number of morpholine rings is 1. The van der Waals surface area contributed by atoms with Crippen molar-refractivity contribution in [2.24, 2.45) is 0 Å². The van der Waals surface area contributed by atoms with Gasteiger partial charge in [0, 0.05) is 13.1 Å². The first kappa shape index (κ1) is 14.2. The molecule has 1 saturated heterocycles. The summed E-state index contributed by atoms with van der Waals surface area (Å²) in [5.74, 6) is -0.270. The first-order chi connectivity index (χ1) is 9.60. The van der Waals surface area contributed by atoms with Gasteiger partial charge in [-0.3, -0.25) is 10.1 Å². The number of carboxylic acid groups (broad SMARTS) is 1. The van der Waals surface area contributed by atoms with Gasteiger partial charge < -0.3 is 19.8 Å². The molecule has 0 radical (unpaired) electrons. The molecule has 8 heteroatoms. The summed E-state index contributed by atoms with van der Waals surface area (Å²) in [6, 6.07) is 2.93. The van der Waals surface area contributed by atoms with E-state index in [0.29, 0.717) is 25.4 Å². The summed E-state index contributed by atoms with van der Waals surface area (Å²) in [5.41, 5.74) is 0.517. The van der Waals surface area contributed by atoms with E-state index in [0.717, 1.165) is 0 Å². The van der Waals surface area contributed by atoms with Gasteiger partial charge in [-0.2, -0.15) is 0 Å². The topological polar surface area (TPSA) is 112 Å². The molecule has 1 unspecified atom stereocenters. The maximum atomic E-state index is 12.2. The number of aliphatic hydroxyl groups excluding tert-OH is 1. The molecule has 1 aromatic heterocycles. The van der Waals surface area contributed by atoms with Gasteiger partial charge in [0.15, 0.2) is 0 Å². The SMILES string of the molecule is O=C(O)Nc1ccc(C(=O)N2CCOC(CO)C2)nc1. The molecule has 1 atom stereocenters. The Balaban J connectivity index is 2.03. The van der Waals surface area contributed by atoms with E-state index in [9.17, 15) is 9.59 Å². The van der Waals surface area contributed by atoms with Crippen LogP contribution in [0, 0.1) is 0 Å². The van der Waals surface area contributed by atoms with Gasteiger partial charge in [-0.25, -0.2) is 9.78 Å². The third-order valence-electron chi connectivity index (χ3n) is 2.86. The molecule has 0 spiro atoms. The smallest absolute Gasteiger partial charge is 0.409 e. The summed E-state index contributed by atoms with van der Waals surface area (Å²) in [6.45, 7) is 0.979. The van der Waals surface area contributed by atoms with Crippen molar-refractivity contribution < 1.29 is 24.5 Å². The summed E-state index contributed by atoms with van der Waals surface area (Å²) in [6.07, 6.45) is -0.281. The van der Waals surface area contributed by atoms with Crippen molar-refractivity contribution in [1.82, 2.24) is 9.88 Å². The third-order valence-corrected chi connectivity index (χ3v) is 2.86. The zero-order valence-corrected chi connectivity index (χ0v) is 10.7. The van der Waals surface area contributed by atoms with Gasteiger partial charge in [-0.05, 0) is 12.1 Å². The molecule has 2 amide bonds. The van der Waals surface area contributed by atoms with Crippen LogP contribution in [-0.2, 0) is 4.74 Å². The molecule has 20 heavy (non-hydrogen) atoms. The van der Waals surface area contributed by atoms with Gasteiger partial charge in [0.2, 0.25) is 0 Å². The minimum Gasteiger partial charge on any atom is -0.465 e. The molecule has 1 fully saturated rings. The van der Waals surface area contributed by atoms with E-state index in [4.69, 9.17) is 14.9 Å². The Morgan fingerprint density at radius 3 is 2.90 bits per heavy atom. The van der Waals surface area contributed by atoms with E-state index in [1.807, 2.05) is 0 Å². The molecule has 8 nitrogen and oxygen atoms in total. The zero-order valence-electron chi connectivity index (χ0n) is 10.7. The normalized spacial score (nSPS) is 18.6. The monoisotopic (exact) mass is 281 g/mol. The van der Waals surface area contributed by atoms with Crippen molar-refractivity contribution in [3.05, 3.63) is 24.0 Å². The van der Waals surface area contributed by atoms with E-state index in [1.54, 1.807) is 4.90 Å². The highest BCUT2D eigenvalue weighted by molar-refractivity contribution is 5.93. The van der Waals surface area contributed by atoms with Crippen LogP contribution in [0.3, 0.4) is 0 Å². The molecule has 0 bridgehead atoms. The largest absolute Gasteiger partial charge is 0.465 e. The first-order valence-corrected chi connectivity index (χ1v) is 6.08. The molecule has 1 aromatic rings. The van der Waals surface area contributed by atoms with Crippen molar-refractivity contribution >= 4 is 17.7 Å².